The van der Waals surface area contributed by atoms with E-state index < -0.39 is 6.36 Å². The maximum absolute atomic E-state index is 12.3. The molecule has 158 valence electrons. The molecule has 2 aromatic rings. The summed E-state index contributed by atoms with van der Waals surface area (Å²) in [5.41, 5.74) is 3.28. The molecule has 3 rings (SSSR count). The van der Waals surface area contributed by atoms with Crippen LogP contribution >= 0.6 is 0 Å². The summed E-state index contributed by atoms with van der Waals surface area (Å²) >= 11 is 0. The second-order valence-electron chi connectivity index (χ2n) is 8.43. The van der Waals surface area contributed by atoms with Gasteiger partial charge in [0.1, 0.15) is 5.75 Å². The first-order valence-corrected chi connectivity index (χ1v) is 10.8. The Morgan fingerprint density at radius 2 is 1.45 bits per heavy atom. The topological polar surface area (TPSA) is 9.23 Å². The van der Waals surface area contributed by atoms with Gasteiger partial charge in [0.2, 0.25) is 0 Å². The van der Waals surface area contributed by atoms with Gasteiger partial charge in [-0.15, -0.1) is 13.2 Å². The van der Waals surface area contributed by atoms with E-state index in [1.165, 1.54) is 62.6 Å². The Kier molecular flexibility index (Phi) is 7.26. The number of unbranched alkanes of at least 4 members (excludes halogenated alkanes) is 1. The second kappa shape index (κ2) is 9.69. The van der Waals surface area contributed by atoms with Gasteiger partial charge in [0.15, 0.2) is 0 Å². The zero-order valence-electron chi connectivity index (χ0n) is 17.3. The Labute approximate surface area is 172 Å². The van der Waals surface area contributed by atoms with Crippen molar-refractivity contribution >= 4 is 0 Å². The molecule has 4 heteroatoms. The molecule has 0 aliphatic heterocycles. The Hall–Kier alpha value is -1.97. The SMILES string of the molecule is CCCCC(C)C1CCC(c2ccc(-c3ccc(OC(F)(F)F)cc3)cc2)CC1. The first-order valence-electron chi connectivity index (χ1n) is 10.8. The Morgan fingerprint density at radius 3 is 1.97 bits per heavy atom. The minimum atomic E-state index is -4.66. The molecule has 29 heavy (non-hydrogen) atoms. The van der Waals surface area contributed by atoms with Crippen molar-refractivity contribution in [1.82, 2.24) is 0 Å². The highest BCUT2D eigenvalue weighted by atomic mass is 19.4. The largest absolute Gasteiger partial charge is 0.573 e. The summed E-state index contributed by atoms with van der Waals surface area (Å²) in [6, 6.07) is 14.6. The molecule has 0 saturated heterocycles. The third-order valence-corrected chi connectivity index (χ3v) is 6.39. The Bertz CT molecular complexity index is 741. The molecule has 0 radical (unpaired) electrons. The molecule has 1 aliphatic rings. The van der Waals surface area contributed by atoms with Crippen LogP contribution in [0, 0.1) is 11.8 Å². The first-order chi connectivity index (χ1) is 13.9. The molecule has 0 heterocycles. The number of benzene rings is 2. The highest BCUT2D eigenvalue weighted by Crippen LogP contribution is 2.40. The third kappa shape index (κ3) is 6.25. The third-order valence-electron chi connectivity index (χ3n) is 6.39. The fourth-order valence-electron chi connectivity index (χ4n) is 4.58. The van der Waals surface area contributed by atoms with Gasteiger partial charge in [0.05, 0.1) is 0 Å². The van der Waals surface area contributed by atoms with Crippen LogP contribution in [0.3, 0.4) is 0 Å². The molecule has 1 fully saturated rings. The van der Waals surface area contributed by atoms with E-state index in [1.807, 2.05) is 0 Å². The minimum Gasteiger partial charge on any atom is -0.406 e. The second-order valence-corrected chi connectivity index (χ2v) is 8.43. The lowest BCUT2D eigenvalue weighted by Crippen LogP contribution is -2.19. The highest BCUT2D eigenvalue weighted by molar-refractivity contribution is 5.64. The molecular formula is C25H31F3O. The van der Waals surface area contributed by atoms with E-state index in [0.29, 0.717) is 5.92 Å². The summed E-state index contributed by atoms with van der Waals surface area (Å²) in [6.07, 6.45) is 4.46. The summed E-state index contributed by atoms with van der Waals surface area (Å²) in [4.78, 5) is 0. The number of ether oxygens (including phenoxy) is 1. The Morgan fingerprint density at radius 1 is 0.897 bits per heavy atom. The number of rotatable bonds is 7. The number of hydrogen-bond acceptors (Lipinski definition) is 1. The van der Waals surface area contributed by atoms with Crippen LogP contribution in [-0.4, -0.2) is 6.36 Å². The minimum absolute atomic E-state index is 0.192. The molecule has 0 aromatic heterocycles. The number of hydrogen-bond donors (Lipinski definition) is 0. The van der Waals surface area contributed by atoms with Gasteiger partial charge in [-0.25, -0.2) is 0 Å². The van der Waals surface area contributed by atoms with Gasteiger partial charge in [-0.3, -0.25) is 0 Å². The van der Waals surface area contributed by atoms with Crippen molar-refractivity contribution in [2.45, 2.75) is 71.1 Å². The van der Waals surface area contributed by atoms with Crippen LogP contribution < -0.4 is 4.74 Å². The molecule has 1 nitrogen and oxygen atoms in total. The van der Waals surface area contributed by atoms with E-state index >= 15 is 0 Å². The predicted molar refractivity (Wildman–Crippen MR) is 112 cm³/mol. The smallest absolute Gasteiger partial charge is 0.406 e. The summed E-state index contributed by atoms with van der Waals surface area (Å²) in [6.45, 7) is 4.68. The lowest BCUT2D eigenvalue weighted by Gasteiger charge is -2.32. The number of halogens is 3. The molecule has 1 saturated carbocycles. The molecule has 2 aromatic carbocycles. The quantitative estimate of drug-likeness (QED) is 0.450. The molecular weight excluding hydrogens is 373 g/mol. The molecule has 1 atom stereocenters. The van der Waals surface area contributed by atoms with Crippen molar-refractivity contribution in [2.24, 2.45) is 11.8 Å². The van der Waals surface area contributed by atoms with Crippen LogP contribution in [0.4, 0.5) is 13.2 Å². The van der Waals surface area contributed by atoms with E-state index in [1.54, 1.807) is 12.1 Å². The standard InChI is InChI=1S/C25H31F3O/c1-3-4-5-18(2)19-6-8-20(9-7-19)21-10-12-22(13-11-21)23-14-16-24(17-15-23)29-25(26,27)28/h10-20H,3-9H2,1-2H3. The zero-order valence-corrected chi connectivity index (χ0v) is 17.3. The maximum atomic E-state index is 12.3. The van der Waals surface area contributed by atoms with Gasteiger partial charge < -0.3 is 4.74 Å². The normalized spacial score (nSPS) is 21.0. The van der Waals surface area contributed by atoms with Gasteiger partial charge in [0.25, 0.3) is 0 Å². The zero-order chi connectivity index (χ0) is 20.9. The van der Waals surface area contributed by atoms with Gasteiger partial charge in [-0.05, 0) is 72.3 Å². The summed E-state index contributed by atoms with van der Waals surface area (Å²) < 4.78 is 40.8. The molecule has 1 unspecified atom stereocenters. The van der Waals surface area contributed by atoms with Crippen molar-refractivity contribution in [2.75, 3.05) is 0 Å². The van der Waals surface area contributed by atoms with Gasteiger partial charge >= 0.3 is 6.36 Å². The van der Waals surface area contributed by atoms with Crippen LogP contribution in [0.25, 0.3) is 11.1 Å². The van der Waals surface area contributed by atoms with Crippen molar-refractivity contribution in [3.05, 3.63) is 54.1 Å². The number of alkyl halides is 3. The first kappa shape index (κ1) is 21.7. The summed E-state index contributed by atoms with van der Waals surface area (Å²) in [5, 5.41) is 0. The van der Waals surface area contributed by atoms with Crippen molar-refractivity contribution in [1.29, 1.82) is 0 Å². The monoisotopic (exact) mass is 404 g/mol. The van der Waals surface area contributed by atoms with E-state index in [4.69, 9.17) is 0 Å². The van der Waals surface area contributed by atoms with Crippen molar-refractivity contribution in [3.8, 4) is 16.9 Å². The van der Waals surface area contributed by atoms with Crippen LogP contribution in [0.2, 0.25) is 0 Å². The lowest BCUT2D eigenvalue weighted by atomic mass is 9.73. The maximum Gasteiger partial charge on any atom is 0.573 e. The molecule has 0 spiro atoms. The van der Waals surface area contributed by atoms with E-state index in [2.05, 4.69) is 42.8 Å². The van der Waals surface area contributed by atoms with E-state index in [0.717, 1.165) is 23.0 Å². The van der Waals surface area contributed by atoms with E-state index in [-0.39, 0.29) is 5.75 Å². The van der Waals surface area contributed by atoms with Gasteiger partial charge in [-0.1, -0.05) is 69.5 Å². The molecule has 0 amide bonds. The van der Waals surface area contributed by atoms with Gasteiger partial charge in [0, 0.05) is 0 Å². The van der Waals surface area contributed by atoms with Crippen LogP contribution in [0.1, 0.15) is 70.3 Å². The van der Waals surface area contributed by atoms with Crippen LogP contribution in [0.15, 0.2) is 48.5 Å². The fraction of sp³-hybridized carbons (Fsp3) is 0.520. The van der Waals surface area contributed by atoms with Crippen molar-refractivity contribution < 1.29 is 17.9 Å². The van der Waals surface area contributed by atoms with Gasteiger partial charge in [-0.2, -0.15) is 0 Å². The Balaban J connectivity index is 1.57. The summed E-state index contributed by atoms with van der Waals surface area (Å²) in [7, 11) is 0. The van der Waals surface area contributed by atoms with Crippen molar-refractivity contribution in [3.63, 3.8) is 0 Å². The summed E-state index contributed by atoms with van der Waals surface area (Å²) in [5.74, 6) is 2.14. The average molecular weight is 405 g/mol. The van der Waals surface area contributed by atoms with E-state index in [9.17, 15) is 13.2 Å². The molecule has 0 bridgehead atoms. The fourth-order valence-corrected chi connectivity index (χ4v) is 4.58. The average Bonchev–Trinajstić information content (AvgIpc) is 2.72. The molecule has 0 N–H and O–H groups in total. The van der Waals surface area contributed by atoms with Crippen LogP contribution in [0.5, 0.6) is 5.75 Å². The van der Waals surface area contributed by atoms with Crippen LogP contribution in [-0.2, 0) is 0 Å². The predicted octanol–water partition coefficient (Wildman–Crippen LogP) is 8.35. The lowest BCUT2D eigenvalue weighted by molar-refractivity contribution is -0.274. The highest BCUT2D eigenvalue weighted by Gasteiger charge is 2.31. The molecule has 1 aliphatic carbocycles.